The summed E-state index contributed by atoms with van der Waals surface area (Å²) in [6.45, 7) is 4.05. The van der Waals surface area contributed by atoms with Gasteiger partial charge in [0.25, 0.3) is 0 Å². The van der Waals surface area contributed by atoms with E-state index in [1.165, 1.54) is 63.4 Å². The number of hydroxylamine groups is 3. The van der Waals surface area contributed by atoms with Gasteiger partial charge in [0, 0.05) is 25.5 Å². The van der Waals surface area contributed by atoms with Gasteiger partial charge in [0.2, 0.25) is 0 Å². The Hall–Kier alpha value is -2.05. The molecule has 2 aromatic carbocycles. The Kier molecular flexibility index (Phi) is 17.0. The lowest BCUT2D eigenvalue weighted by molar-refractivity contribution is -1.12. The highest BCUT2D eigenvalue weighted by Crippen LogP contribution is 2.47. The van der Waals surface area contributed by atoms with E-state index in [2.05, 4.69) is 48.9 Å². The van der Waals surface area contributed by atoms with Crippen molar-refractivity contribution in [2.24, 2.45) is 0 Å². The maximum atomic E-state index is 11.9. The van der Waals surface area contributed by atoms with Gasteiger partial charge in [0.15, 0.2) is 6.10 Å². The lowest BCUT2D eigenvalue weighted by atomic mass is 9.89. The SMILES string of the molecule is COCO[C@@H]1[C@@H]2C[C@@H](CCCCCCCCCCCCOC(=O)c3ccccc3)[N+](Cc3ccccc3)(O2)[C@@H]1C.O=S(=O)([O-])CCl. The predicted molar refractivity (Wildman–Crippen MR) is 178 cm³/mol. The van der Waals surface area contributed by atoms with Crippen LogP contribution in [0.3, 0.4) is 0 Å². The van der Waals surface area contributed by atoms with Crippen molar-refractivity contribution in [3.63, 3.8) is 0 Å². The smallest absolute Gasteiger partial charge is 0.338 e. The number of alkyl halides is 1. The van der Waals surface area contributed by atoms with E-state index in [0.717, 1.165) is 25.8 Å². The first-order chi connectivity index (χ1) is 22.2. The van der Waals surface area contributed by atoms with Crippen LogP contribution in [0.4, 0.5) is 0 Å². The number of hydrogen-bond donors (Lipinski definition) is 0. The minimum Gasteiger partial charge on any atom is -0.747 e. The summed E-state index contributed by atoms with van der Waals surface area (Å²) in [7, 11) is -2.46. The number of quaternary nitrogens is 1. The van der Waals surface area contributed by atoms with Gasteiger partial charge in [-0.2, -0.15) is 9.48 Å². The molecule has 46 heavy (non-hydrogen) atoms. The Morgan fingerprint density at radius 2 is 1.46 bits per heavy atom. The molecule has 2 saturated heterocycles. The van der Waals surface area contributed by atoms with Crippen LogP contribution in [0.15, 0.2) is 60.7 Å². The Balaban J connectivity index is 0.000000875. The minimum absolute atomic E-state index is 0.101. The van der Waals surface area contributed by atoms with E-state index in [1.54, 1.807) is 19.2 Å². The normalized spacial score (nSPS) is 23.6. The fourth-order valence-electron chi connectivity index (χ4n) is 6.64. The number of nitrogens with zero attached hydrogens (tertiary/aromatic N) is 1. The van der Waals surface area contributed by atoms with Crippen LogP contribution in [-0.4, -0.2) is 73.6 Å². The van der Waals surface area contributed by atoms with Crippen LogP contribution < -0.4 is 0 Å². The fraction of sp³-hybridized carbons (Fsp3) is 0.629. The average molecular weight is 682 g/mol. The zero-order chi connectivity index (χ0) is 33.3. The Morgan fingerprint density at radius 3 is 2.02 bits per heavy atom. The summed E-state index contributed by atoms with van der Waals surface area (Å²) in [6.07, 6.45) is 15.0. The molecule has 1 unspecified atom stereocenters. The highest BCUT2D eigenvalue weighted by atomic mass is 35.5. The second kappa shape index (κ2) is 20.3. The van der Waals surface area contributed by atoms with Gasteiger partial charge in [-0.3, -0.25) is 0 Å². The van der Waals surface area contributed by atoms with Crippen molar-refractivity contribution in [2.45, 2.75) is 115 Å². The van der Waals surface area contributed by atoms with Crippen LogP contribution in [-0.2, 0) is 35.7 Å². The molecule has 2 aliphatic heterocycles. The third-order valence-electron chi connectivity index (χ3n) is 8.94. The summed E-state index contributed by atoms with van der Waals surface area (Å²) < 4.78 is 45.3. The molecule has 258 valence electrons. The largest absolute Gasteiger partial charge is 0.747 e. The summed E-state index contributed by atoms with van der Waals surface area (Å²) in [6, 6.07) is 20.8. The molecule has 2 aromatic rings. The predicted octanol–water partition coefficient (Wildman–Crippen LogP) is 7.34. The van der Waals surface area contributed by atoms with Crippen molar-refractivity contribution in [1.82, 2.24) is 0 Å². The Labute approximate surface area is 280 Å². The van der Waals surface area contributed by atoms with Gasteiger partial charge in [-0.15, -0.1) is 11.6 Å². The van der Waals surface area contributed by atoms with E-state index in [9.17, 15) is 17.8 Å². The van der Waals surface area contributed by atoms with Crippen molar-refractivity contribution in [1.29, 1.82) is 0 Å². The quantitative estimate of drug-likeness (QED) is 0.0356. The molecule has 2 aliphatic rings. The van der Waals surface area contributed by atoms with Crippen molar-refractivity contribution in [3.05, 3.63) is 71.8 Å². The number of piperidine rings is 1. The number of ether oxygens (including phenoxy) is 3. The molecule has 2 bridgehead atoms. The second-order valence-corrected chi connectivity index (χ2v) is 14.3. The molecule has 0 aromatic heterocycles. The van der Waals surface area contributed by atoms with Gasteiger partial charge in [-0.25, -0.2) is 13.2 Å². The summed E-state index contributed by atoms with van der Waals surface area (Å²) in [5, 5.41) is -0.840. The molecule has 4 rings (SSSR count). The summed E-state index contributed by atoms with van der Waals surface area (Å²) in [4.78, 5) is 18.7. The number of carbonyl (C=O) groups is 1. The maximum Gasteiger partial charge on any atom is 0.338 e. The molecule has 0 radical (unpaired) electrons. The van der Waals surface area contributed by atoms with Crippen LogP contribution in [0.1, 0.15) is 99.9 Å². The van der Waals surface area contributed by atoms with Gasteiger partial charge < -0.3 is 18.8 Å². The second-order valence-electron chi connectivity index (χ2n) is 12.3. The summed E-state index contributed by atoms with van der Waals surface area (Å²) >= 11 is 4.58. The zero-order valence-corrected chi connectivity index (χ0v) is 29.0. The molecular weight excluding hydrogens is 630 g/mol. The highest BCUT2D eigenvalue weighted by Gasteiger charge is 2.64. The van der Waals surface area contributed by atoms with Crippen molar-refractivity contribution < 1.29 is 41.5 Å². The number of rotatable bonds is 20. The van der Waals surface area contributed by atoms with E-state index < -0.39 is 15.3 Å². The van der Waals surface area contributed by atoms with E-state index >= 15 is 0 Å². The van der Waals surface area contributed by atoms with Crippen LogP contribution >= 0.6 is 11.6 Å². The maximum absolute atomic E-state index is 11.9. The van der Waals surface area contributed by atoms with Gasteiger partial charge >= 0.3 is 5.97 Å². The van der Waals surface area contributed by atoms with E-state index in [1.807, 2.05) is 18.2 Å². The summed E-state index contributed by atoms with van der Waals surface area (Å²) in [5.74, 6) is -0.214. The molecule has 0 aliphatic carbocycles. The average Bonchev–Trinajstić information content (AvgIpc) is 3.54. The van der Waals surface area contributed by atoms with Gasteiger partial charge in [0.05, 0.1) is 12.2 Å². The topological polar surface area (TPSA) is 111 Å². The number of unbranched alkanes of at least 4 members (excludes halogenated alkanes) is 9. The standard InChI is InChI=1S/C34H50NO5.CH3ClO3S/c1-28-33(39-27-37-2)32-25-31(35(28,40-32)26-29-19-13-11-14-20-29)23-17-9-7-5-3-4-6-8-10-18-24-38-34(36)30-21-15-12-16-22-30;2-1-6(3,4)5/h11-16,19-22,28,31-33H,3-10,17-18,23-27H2,1-2H3;1H2,(H,3,4,5)/q+1;/p-1/t28-,31-,32+,33+,35?;/m1./s1. The number of esters is 1. The van der Waals surface area contributed by atoms with E-state index in [-0.39, 0.29) is 18.2 Å². The van der Waals surface area contributed by atoms with Crippen LogP contribution in [0, 0.1) is 0 Å². The first-order valence-corrected chi connectivity index (χ1v) is 18.7. The molecule has 0 amide bonds. The first-order valence-electron chi connectivity index (χ1n) is 16.6. The summed E-state index contributed by atoms with van der Waals surface area (Å²) in [5.41, 5.74) is 1.97. The van der Waals surface area contributed by atoms with Gasteiger partial charge in [-0.1, -0.05) is 99.9 Å². The molecule has 0 spiro atoms. The Morgan fingerprint density at radius 1 is 0.913 bits per heavy atom. The minimum atomic E-state index is -4.15. The molecule has 2 heterocycles. The van der Waals surface area contributed by atoms with Crippen LogP contribution in [0.5, 0.6) is 0 Å². The van der Waals surface area contributed by atoms with Crippen molar-refractivity contribution >= 4 is 27.7 Å². The third kappa shape index (κ3) is 12.5. The highest BCUT2D eigenvalue weighted by molar-refractivity contribution is 7.86. The number of benzene rings is 2. The van der Waals surface area contributed by atoms with Crippen LogP contribution in [0.2, 0.25) is 0 Å². The zero-order valence-electron chi connectivity index (χ0n) is 27.4. The van der Waals surface area contributed by atoms with Crippen molar-refractivity contribution in [3.8, 4) is 0 Å². The number of hydrogen-bond acceptors (Lipinski definition) is 8. The molecule has 0 saturated carbocycles. The van der Waals surface area contributed by atoms with Crippen molar-refractivity contribution in [2.75, 3.05) is 25.7 Å². The molecule has 2 fully saturated rings. The van der Waals surface area contributed by atoms with Gasteiger partial charge in [-0.05, 0) is 31.9 Å². The fourth-order valence-corrected chi connectivity index (χ4v) is 6.64. The number of methoxy groups -OCH3 is 1. The third-order valence-corrected chi connectivity index (χ3v) is 10.0. The lowest BCUT2D eigenvalue weighted by Crippen LogP contribution is -2.58. The first kappa shape index (κ1) is 38.4. The number of fused-ring (bicyclic) bond motifs is 2. The number of halogens is 1. The van der Waals surface area contributed by atoms with Gasteiger partial charge in [0.1, 0.15) is 46.9 Å². The monoisotopic (exact) mass is 681 g/mol. The molecule has 0 N–H and O–H groups in total. The molecule has 11 heteroatoms. The molecule has 9 nitrogen and oxygen atoms in total. The number of carbonyl (C=O) groups excluding carboxylic acids is 1. The van der Waals surface area contributed by atoms with Crippen LogP contribution in [0.25, 0.3) is 0 Å². The van der Waals surface area contributed by atoms with E-state index in [4.69, 9.17) is 19.0 Å². The van der Waals surface area contributed by atoms with E-state index in [0.29, 0.717) is 35.7 Å². The molecular formula is C35H52ClNO8S. The molecule has 5 atom stereocenters. The lowest BCUT2D eigenvalue weighted by Gasteiger charge is -2.40. The Bertz CT molecular complexity index is 1240.